The number of para-hydroxylation sites is 1. The molecule has 2 atom stereocenters. The highest BCUT2D eigenvalue weighted by Gasteiger charge is 2.50. The van der Waals surface area contributed by atoms with Crippen LogP contribution in [0.25, 0.3) is 10.9 Å². The smallest absolute Gasteiger partial charge is 0.314 e. The van der Waals surface area contributed by atoms with Gasteiger partial charge < -0.3 is 19.7 Å². The summed E-state index contributed by atoms with van der Waals surface area (Å²) in [6, 6.07) is 17.1. The molecule has 0 bridgehead atoms. The van der Waals surface area contributed by atoms with Gasteiger partial charge in [0.2, 0.25) is 0 Å². The zero-order chi connectivity index (χ0) is 21.5. The number of nitrogens with zero attached hydrogens (tertiary/aromatic N) is 2. The minimum Gasteiger partial charge on any atom is -0.481 e. The number of aryl methyl sites for hydroxylation is 2. The summed E-state index contributed by atoms with van der Waals surface area (Å²) >= 11 is 0. The van der Waals surface area contributed by atoms with Crippen molar-refractivity contribution in [1.29, 1.82) is 0 Å². The van der Waals surface area contributed by atoms with Crippen LogP contribution in [0.3, 0.4) is 0 Å². The number of benzene rings is 2. The molecule has 3 aromatic rings. The van der Waals surface area contributed by atoms with Gasteiger partial charge in [-0.25, -0.2) is 0 Å². The maximum absolute atomic E-state index is 13.5. The molecule has 1 amide bonds. The van der Waals surface area contributed by atoms with Crippen LogP contribution in [0.2, 0.25) is 0 Å². The number of likely N-dealkylation sites (tertiary alicyclic amines) is 1. The molecule has 2 N–H and O–H groups in total. The van der Waals surface area contributed by atoms with Crippen LogP contribution in [0.5, 0.6) is 0 Å². The number of fused-ring (bicyclic) bond motifs is 1. The number of hydrogen-bond acceptors (Lipinski definition) is 3. The Kier molecular flexibility index (Phi) is 5.12. The highest BCUT2D eigenvalue weighted by atomic mass is 16.4. The number of rotatable bonds is 4. The lowest BCUT2D eigenvalue weighted by Crippen LogP contribution is -2.58. The molecule has 4 rings (SSSR count). The second kappa shape index (κ2) is 7.61. The van der Waals surface area contributed by atoms with Crippen LogP contribution in [0.15, 0.2) is 54.6 Å². The van der Waals surface area contributed by atoms with Crippen molar-refractivity contribution < 1.29 is 19.8 Å². The zero-order valence-electron chi connectivity index (χ0n) is 17.2. The Balaban J connectivity index is 1.70. The van der Waals surface area contributed by atoms with Gasteiger partial charge in [0.25, 0.3) is 5.91 Å². The van der Waals surface area contributed by atoms with Gasteiger partial charge in [-0.05, 0) is 37.0 Å². The molecule has 0 spiro atoms. The molecule has 0 unspecified atom stereocenters. The molecule has 1 saturated heterocycles. The highest BCUT2D eigenvalue weighted by Crippen LogP contribution is 2.36. The van der Waals surface area contributed by atoms with Crippen LogP contribution in [-0.2, 0) is 18.3 Å². The van der Waals surface area contributed by atoms with E-state index in [9.17, 15) is 19.8 Å². The van der Waals surface area contributed by atoms with Crippen molar-refractivity contribution in [1.82, 2.24) is 9.47 Å². The van der Waals surface area contributed by atoms with Crippen LogP contribution >= 0.6 is 0 Å². The van der Waals surface area contributed by atoms with Gasteiger partial charge in [0, 0.05) is 31.0 Å². The van der Waals surface area contributed by atoms with Crippen molar-refractivity contribution in [3.8, 4) is 0 Å². The Morgan fingerprint density at radius 1 is 1.10 bits per heavy atom. The average Bonchev–Trinajstić information content (AvgIpc) is 3.00. The molecule has 6 heteroatoms. The van der Waals surface area contributed by atoms with Crippen molar-refractivity contribution in [3.63, 3.8) is 0 Å². The first-order valence-corrected chi connectivity index (χ1v) is 10.1. The van der Waals surface area contributed by atoms with Crippen molar-refractivity contribution in [2.75, 3.05) is 13.1 Å². The predicted octanol–water partition coefficient (Wildman–Crippen LogP) is 3.01. The number of hydrogen-bond donors (Lipinski definition) is 2. The molecule has 1 aliphatic rings. The van der Waals surface area contributed by atoms with Crippen molar-refractivity contribution in [2.45, 2.75) is 25.9 Å². The molecule has 0 saturated carbocycles. The molecule has 156 valence electrons. The minimum atomic E-state index is -1.44. The van der Waals surface area contributed by atoms with E-state index < -0.39 is 17.5 Å². The lowest BCUT2D eigenvalue weighted by molar-refractivity contribution is -0.161. The number of amides is 1. The number of aliphatic carboxylic acids is 1. The lowest BCUT2D eigenvalue weighted by Gasteiger charge is -2.43. The van der Waals surface area contributed by atoms with Crippen LogP contribution in [-0.4, -0.2) is 50.8 Å². The Morgan fingerprint density at radius 3 is 2.43 bits per heavy atom. The third kappa shape index (κ3) is 3.17. The lowest BCUT2D eigenvalue weighted by atomic mass is 9.72. The van der Waals surface area contributed by atoms with Gasteiger partial charge in [-0.15, -0.1) is 0 Å². The predicted molar refractivity (Wildman–Crippen MR) is 114 cm³/mol. The van der Waals surface area contributed by atoms with Gasteiger partial charge in [0.15, 0.2) is 0 Å². The fourth-order valence-corrected chi connectivity index (χ4v) is 4.71. The summed E-state index contributed by atoms with van der Waals surface area (Å²) in [5, 5.41) is 21.8. The number of piperidine rings is 1. The highest BCUT2D eigenvalue weighted by molar-refractivity contribution is 6.01. The number of carbonyl (C=O) groups excluding carboxylic acids is 1. The van der Waals surface area contributed by atoms with Gasteiger partial charge in [0.05, 0.1) is 6.10 Å². The van der Waals surface area contributed by atoms with E-state index in [1.54, 1.807) is 4.90 Å². The van der Waals surface area contributed by atoms with E-state index in [-0.39, 0.29) is 25.3 Å². The molecule has 1 aromatic heterocycles. The molecule has 1 aliphatic heterocycles. The van der Waals surface area contributed by atoms with E-state index in [1.807, 2.05) is 73.1 Å². The number of carbonyl (C=O) groups is 2. The second-order valence-electron chi connectivity index (χ2n) is 8.20. The fourth-order valence-electron chi connectivity index (χ4n) is 4.71. The summed E-state index contributed by atoms with van der Waals surface area (Å²) in [5.74, 6) is -1.28. The third-order valence-corrected chi connectivity index (χ3v) is 6.42. The average molecular weight is 406 g/mol. The largest absolute Gasteiger partial charge is 0.481 e. The first-order valence-electron chi connectivity index (χ1n) is 10.1. The van der Waals surface area contributed by atoms with Crippen molar-refractivity contribution in [3.05, 3.63) is 71.4 Å². The quantitative estimate of drug-likeness (QED) is 0.698. The maximum atomic E-state index is 13.5. The third-order valence-electron chi connectivity index (χ3n) is 6.42. The Bertz CT molecular complexity index is 1070. The first kappa shape index (κ1) is 20.2. The summed E-state index contributed by atoms with van der Waals surface area (Å²) in [6.45, 7) is 2.21. The molecule has 1 fully saturated rings. The maximum Gasteiger partial charge on any atom is 0.314 e. The summed E-state index contributed by atoms with van der Waals surface area (Å²) in [4.78, 5) is 27.5. The van der Waals surface area contributed by atoms with Gasteiger partial charge in [-0.1, -0.05) is 48.5 Å². The number of aliphatic hydroxyl groups excluding tert-OH is 1. The van der Waals surface area contributed by atoms with Gasteiger partial charge in [0.1, 0.15) is 11.1 Å². The second-order valence-corrected chi connectivity index (χ2v) is 8.20. The Hall–Kier alpha value is -3.12. The number of aliphatic hydroxyl groups is 1. The molecule has 0 aliphatic carbocycles. The van der Waals surface area contributed by atoms with Crippen LogP contribution < -0.4 is 0 Å². The van der Waals surface area contributed by atoms with Crippen LogP contribution in [0.4, 0.5) is 0 Å². The topological polar surface area (TPSA) is 82.8 Å². The van der Waals surface area contributed by atoms with Crippen molar-refractivity contribution >= 4 is 22.8 Å². The molecule has 0 radical (unpaired) electrons. The first-order chi connectivity index (χ1) is 14.3. The van der Waals surface area contributed by atoms with Gasteiger partial charge in [-0.2, -0.15) is 0 Å². The zero-order valence-corrected chi connectivity index (χ0v) is 17.2. The van der Waals surface area contributed by atoms with Crippen LogP contribution in [0, 0.1) is 12.3 Å². The van der Waals surface area contributed by atoms with Gasteiger partial charge in [-0.3, -0.25) is 9.59 Å². The van der Waals surface area contributed by atoms with E-state index in [0.29, 0.717) is 12.2 Å². The van der Waals surface area contributed by atoms with E-state index in [1.165, 1.54) is 0 Å². The number of carboxylic acids is 1. The molecule has 30 heavy (non-hydrogen) atoms. The van der Waals surface area contributed by atoms with E-state index in [0.717, 1.165) is 22.0 Å². The number of aromatic nitrogens is 1. The summed E-state index contributed by atoms with van der Waals surface area (Å²) < 4.78 is 1.87. The minimum absolute atomic E-state index is 0.0296. The number of carboxylic acid groups (broad SMARTS) is 1. The summed E-state index contributed by atoms with van der Waals surface area (Å²) in [7, 11) is 1.86. The van der Waals surface area contributed by atoms with Gasteiger partial charge >= 0.3 is 5.97 Å². The molecule has 6 nitrogen and oxygen atoms in total. The summed E-state index contributed by atoms with van der Waals surface area (Å²) in [6.07, 6.45) is -0.622. The standard InChI is InChI=1S/C24H26N2O4/c1-16-18-10-6-7-11-19(18)25(2)21(16)22(28)26-13-12-20(27)24(15-26,23(29)30)14-17-8-4-3-5-9-17/h3-11,20,27H,12-15H2,1-2H3,(H,29,30)/t20-,24-/m1/s1. The molecule has 2 aromatic carbocycles. The Labute approximate surface area is 175 Å². The molecular weight excluding hydrogens is 380 g/mol. The van der Waals surface area contributed by atoms with Crippen molar-refractivity contribution in [2.24, 2.45) is 12.5 Å². The monoisotopic (exact) mass is 406 g/mol. The molecular formula is C24H26N2O4. The normalized spacial score (nSPS) is 21.7. The molecule has 2 heterocycles. The van der Waals surface area contributed by atoms with E-state index >= 15 is 0 Å². The fraction of sp³-hybridized carbons (Fsp3) is 0.333. The van der Waals surface area contributed by atoms with E-state index in [4.69, 9.17) is 0 Å². The summed E-state index contributed by atoms with van der Waals surface area (Å²) in [5.41, 5.74) is 1.80. The Morgan fingerprint density at radius 2 is 1.77 bits per heavy atom. The SMILES string of the molecule is Cc1c(C(=O)N2CC[C@@H](O)[C@](Cc3ccccc3)(C(=O)O)C2)n(C)c2ccccc12. The van der Waals surface area contributed by atoms with Crippen LogP contribution in [0.1, 0.15) is 28.0 Å². The van der Waals surface area contributed by atoms with E-state index in [2.05, 4.69) is 0 Å².